The van der Waals surface area contributed by atoms with E-state index in [1.807, 2.05) is 35.0 Å². The van der Waals surface area contributed by atoms with E-state index in [4.69, 9.17) is 4.74 Å². The molecular weight excluding hydrogens is 476 g/mol. The van der Waals surface area contributed by atoms with Crippen molar-refractivity contribution in [3.63, 3.8) is 0 Å². The first-order valence-corrected chi connectivity index (χ1v) is 12.0. The summed E-state index contributed by atoms with van der Waals surface area (Å²) in [5.41, 5.74) is 4.26. The molecule has 1 aliphatic heterocycles. The van der Waals surface area contributed by atoms with Crippen molar-refractivity contribution >= 4 is 18.1 Å². The molecule has 4 aromatic heterocycles. The molecule has 0 aliphatic carbocycles. The number of rotatable bonds is 5. The van der Waals surface area contributed by atoms with Crippen molar-refractivity contribution in [1.82, 2.24) is 34.7 Å². The van der Waals surface area contributed by atoms with Gasteiger partial charge in [-0.05, 0) is 51.1 Å². The van der Waals surface area contributed by atoms with Gasteiger partial charge in [0.15, 0.2) is 0 Å². The van der Waals surface area contributed by atoms with Crippen LogP contribution in [0, 0.1) is 23.7 Å². The third-order valence-electron chi connectivity index (χ3n) is 6.52. The van der Waals surface area contributed by atoms with E-state index in [1.165, 1.54) is 0 Å². The van der Waals surface area contributed by atoms with E-state index in [-0.39, 0.29) is 23.9 Å². The Morgan fingerprint density at radius 2 is 1.94 bits per heavy atom. The van der Waals surface area contributed by atoms with E-state index in [2.05, 4.69) is 59.4 Å². The van der Waals surface area contributed by atoms with E-state index < -0.39 is 0 Å². The highest BCUT2D eigenvalue weighted by molar-refractivity contribution is 5.85. The number of aromatic nitrogens is 6. The lowest BCUT2D eigenvalue weighted by molar-refractivity contribution is 0.0770. The summed E-state index contributed by atoms with van der Waals surface area (Å²) in [5, 5.41) is 22.2. The largest absolute Gasteiger partial charge is 0.468 e. The van der Waals surface area contributed by atoms with Crippen molar-refractivity contribution in [3.8, 4) is 23.2 Å². The second-order valence-electron chi connectivity index (χ2n) is 10.1. The number of halogens is 1. The highest BCUT2D eigenvalue weighted by atomic mass is 35.5. The minimum atomic E-state index is -0.345. The molecule has 1 fully saturated rings. The van der Waals surface area contributed by atoms with Crippen LogP contribution in [0.5, 0.6) is 5.88 Å². The zero-order valence-corrected chi connectivity index (χ0v) is 21.8. The average molecular weight is 507 g/mol. The van der Waals surface area contributed by atoms with Crippen LogP contribution in [0.4, 0.5) is 0 Å². The van der Waals surface area contributed by atoms with Crippen molar-refractivity contribution in [1.29, 1.82) is 5.26 Å². The fourth-order valence-electron chi connectivity index (χ4n) is 4.72. The van der Waals surface area contributed by atoms with Crippen molar-refractivity contribution in [2.24, 2.45) is 5.41 Å². The number of nitrogens with one attached hydrogen (secondary N) is 1. The second kappa shape index (κ2) is 10.2. The molecule has 1 saturated heterocycles. The topological polar surface area (TPSA) is 106 Å². The number of ether oxygens (including phenoxy) is 1. The quantitative estimate of drug-likeness (QED) is 0.418. The highest BCUT2D eigenvalue weighted by Gasteiger charge is 2.31. The molecular formula is C26H31ClN8O. The number of pyridine rings is 2. The van der Waals surface area contributed by atoms with Gasteiger partial charge in [-0.3, -0.25) is 9.38 Å². The van der Waals surface area contributed by atoms with Gasteiger partial charge in [0.25, 0.3) is 0 Å². The molecule has 10 heteroatoms. The molecule has 0 spiro atoms. The number of piperidine rings is 1. The Morgan fingerprint density at radius 3 is 2.61 bits per heavy atom. The standard InChI is InChI=1S/C26H30N8O.ClH/c1-17-24(31-32-34(17)19-8-11-28-12-9-19)18-13-22-30-16-20(15-27)33(22)23(14-18)35-25(26(2,3)4)21-7-5-6-10-29-21;/h5-7,10,13-14,16,19,25,28H,8-9,11-12H2,1-4H3;1H. The van der Waals surface area contributed by atoms with Crippen LogP contribution in [0.25, 0.3) is 16.9 Å². The molecule has 1 unspecified atom stereocenters. The molecule has 1 aliphatic rings. The van der Waals surface area contributed by atoms with E-state index in [0.717, 1.165) is 48.6 Å². The first-order valence-electron chi connectivity index (χ1n) is 12.0. The van der Waals surface area contributed by atoms with Crippen LogP contribution < -0.4 is 10.1 Å². The van der Waals surface area contributed by atoms with Gasteiger partial charge >= 0.3 is 0 Å². The van der Waals surface area contributed by atoms with Crippen molar-refractivity contribution in [2.45, 2.75) is 52.7 Å². The zero-order chi connectivity index (χ0) is 24.6. The summed E-state index contributed by atoms with van der Waals surface area (Å²) in [6.45, 7) is 10.4. The molecule has 9 nitrogen and oxygen atoms in total. The van der Waals surface area contributed by atoms with Crippen molar-refractivity contribution in [2.75, 3.05) is 13.1 Å². The fraction of sp³-hybridized carbons (Fsp3) is 0.423. The first kappa shape index (κ1) is 25.6. The van der Waals surface area contributed by atoms with Gasteiger partial charge in [0.1, 0.15) is 29.2 Å². The molecule has 0 amide bonds. The van der Waals surface area contributed by atoms with Crippen LogP contribution in [-0.2, 0) is 0 Å². The number of fused-ring (bicyclic) bond motifs is 1. The van der Waals surface area contributed by atoms with E-state index in [1.54, 1.807) is 16.8 Å². The molecule has 1 N–H and O–H groups in total. The first-order chi connectivity index (χ1) is 16.9. The molecule has 188 valence electrons. The summed E-state index contributed by atoms with van der Waals surface area (Å²) in [5.74, 6) is 0.521. The summed E-state index contributed by atoms with van der Waals surface area (Å²) in [4.78, 5) is 9.04. The Kier molecular flexibility index (Phi) is 7.29. The molecule has 5 rings (SSSR count). The summed E-state index contributed by atoms with van der Waals surface area (Å²) in [6.07, 6.45) is 5.05. The lowest BCUT2D eigenvalue weighted by Crippen LogP contribution is -2.30. The van der Waals surface area contributed by atoms with Gasteiger partial charge < -0.3 is 10.1 Å². The number of imidazole rings is 1. The van der Waals surface area contributed by atoms with Crippen LogP contribution in [-0.4, -0.2) is 42.5 Å². The minimum Gasteiger partial charge on any atom is -0.468 e. The zero-order valence-electron chi connectivity index (χ0n) is 21.0. The minimum absolute atomic E-state index is 0. The maximum absolute atomic E-state index is 9.73. The molecule has 36 heavy (non-hydrogen) atoms. The Balaban J connectivity index is 0.00000304. The summed E-state index contributed by atoms with van der Waals surface area (Å²) in [6, 6.07) is 12.2. The SMILES string of the molecule is Cc1c(-c2cc(OC(c3ccccn3)C(C)(C)C)n3c(C#N)cnc3c2)nnn1C1CCNCC1.Cl. The highest BCUT2D eigenvalue weighted by Crippen LogP contribution is 2.38. The van der Waals surface area contributed by atoms with Gasteiger partial charge in [-0.15, -0.1) is 17.5 Å². The second-order valence-corrected chi connectivity index (χ2v) is 10.1. The van der Waals surface area contributed by atoms with Gasteiger partial charge in [-0.25, -0.2) is 9.67 Å². The van der Waals surface area contributed by atoms with Crippen molar-refractivity contribution in [3.05, 3.63) is 59.8 Å². The lowest BCUT2D eigenvalue weighted by atomic mass is 9.86. The third kappa shape index (κ3) is 4.79. The average Bonchev–Trinajstić information content (AvgIpc) is 3.46. The number of hydrogen-bond donors (Lipinski definition) is 1. The van der Waals surface area contributed by atoms with Gasteiger partial charge in [-0.2, -0.15) is 5.26 Å². The van der Waals surface area contributed by atoms with Gasteiger partial charge in [-0.1, -0.05) is 32.1 Å². The summed E-state index contributed by atoms with van der Waals surface area (Å²) >= 11 is 0. The Hall–Kier alpha value is -3.48. The normalized spacial score (nSPS) is 15.3. The summed E-state index contributed by atoms with van der Waals surface area (Å²) in [7, 11) is 0. The Labute approximate surface area is 216 Å². The van der Waals surface area contributed by atoms with Gasteiger partial charge in [0, 0.05) is 23.2 Å². The molecule has 4 aromatic rings. The van der Waals surface area contributed by atoms with Crippen LogP contribution in [0.15, 0.2) is 42.7 Å². The maximum atomic E-state index is 9.73. The molecule has 1 atom stereocenters. The molecule has 0 radical (unpaired) electrons. The predicted molar refractivity (Wildman–Crippen MR) is 139 cm³/mol. The monoisotopic (exact) mass is 506 g/mol. The van der Waals surface area contributed by atoms with Gasteiger partial charge in [0.05, 0.1) is 23.6 Å². The predicted octanol–water partition coefficient (Wildman–Crippen LogP) is 4.68. The van der Waals surface area contributed by atoms with Crippen LogP contribution in [0.3, 0.4) is 0 Å². The summed E-state index contributed by atoms with van der Waals surface area (Å²) < 4.78 is 10.4. The maximum Gasteiger partial charge on any atom is 0.201 e. The Morgan fingerprint density at radius 1 is 1.17 bits per heavy atom. The fourth-order valence-corrected chi connectivity index (χ4v) is 4.72. The molecule has 0 aromatic carbocycles. The van der Waals surface area contributed by atoms with Crippen LogP contribution in [0.2, 0.25) is 0 Å². The van der Waals surface area contributed by atoms with Crippen molar-refractivity contribution < 1.29 is 4.74 Å². The Bertz CT molecular complexity index is 1380. The number of nitriles is 1. The van der Waals surface area contributed by atoms with E-state index >= 15 is 0 Å². The van der Waals surface area contributed by atoms with E-state index in [0.29, 0.717) is 23.3 Å². The molecule has 0 bridgehead atoms. The lowest BCUT2D eigenvalue weighted by Gasteiger charge is -2.31. The smallest absolute Gasteiger partial charge is 0.201 e. The van der Waals surface area contributed by atoms with Crippen LogP contribution >= 0.6 is 12.4 Å². The number of nitrogens with zero attached hydrogens (tertiary/aromatic N) is 7. The van der Waals surface area contributed by atoms with E-state index in [9.17, 15) is 5.26 Å². The van der Waals surface area contributed by atoms with Gasteiger partial charge in [0.2, 0.25) is 5.88 Å². The number of hydrogen-bond acceptors (Lipinski definition) is 7. The third-order valence-corrected chi connectivity index (χ3v) is 6.52. The molecule has 0 saturated carbocycles. The molecule has 5 heterocycles. The van der Waals surface area contributed by atoms with Crippen LogP contribution in [0.1, 0.15) is 62.8 Å².